The molecular formula is C50H77N7O10. The van der Waals surface area contributed by atoms with Gasteiger partial charge in [0.05, 0.1) is 6.54 Å². The Morgan fingerprint density at radius 2 is 1.04 bits per heavy atom. The maximum absolute atomic E-state index is 14.3. The van der Waals surface area contributed by atoms with E-state index >= 15 is 0 Å². The number of unbranched alkanes of at least 4 members (excludes halogenated alkanes) is 10. The van der Waals surface area contributed by atoms with Crippen LogP contribution in [-0.2, 0) is 51.2 Å². The van der Waals surface area contributed by atoms with Crippen LogP contribution in [0.4, 0.5) is 0 Å². The summed E-state index contributed by atoms with van der Waals surface area (Å²) in [4.78, 5) is 105. The van der Waals surface area contributed by atoms with Crippen molar-refractivity contribution in [3.05, 3.63) is 65.7 Å². The summed E-state index contributed by atoms with van der Waals surface area (Å²) < 4.78 is 0. The van der Waals surface area contributed by atoms with Gasteiger partial charge in [-0.3, -0.25) is 38.4 Å². The highest BCUT2D eigenvalue weighted by Gasteiger charge is 2.33. The van der Waals surface area contributed by atoms with Gasteiger partial charge in [-0.25, -0.2) is 0 Å². The normalized spacial score (nSPS) is 13.4. The molecule has 2 aromatic rings. The van der Waals surface area contributed by atoms with Crippen molar-refractivity contribution in [1.29, 1.82) is 0 Å². The van der Waals surface area contributed by atoms with Gasteiger partial charge < -0.3 is 47.8 Å². The molecule has 0 spiro atoms. The third-order valence-corrected chi connectivity index (χ3v) is 11.3. The van der Waals surface area contributed by atoms with Gasteiger partial charge in [-0.2, -0.15) is 0 Å². The number of carboxylic acids is 1. The smallest absolute Gasteiger partial charge is 0.303 e. The number of phenolic OH excluding ortho intramolecular Hbond substituents is 1. The first-order valence-electron chi connectivity index (χ1n) is 24.0. The number of amides is 7. The lowest BCUT2D eigenvalue weighted by Crippen LogP contribution is -2.59. The second-order valence-electron chi connectivity index (χ2n) is 18.1. The van der Waals surface area contributed by atoms with E-state index in [1.165, 1.54) is 50.7 Å². The summed E-state index contributed by atoms with van der Waals surface area (Å²) in [5, 5.41) is 35.2. The predicted octanol–water partition coefficient (Wildman–Crippen LogP) is 4.47. The second kappa shape index (κ2) is 31.8. The Hall–Kier alpha value is -6.00. The number of aliphatic carboxylic acids is 1. The van der Waals surface area contributed by atoms with Gasteiger partial charge in [0.15, 0.2) is 0 Å². The molecular weight excluding hydrogens is 859 g/mol. The zero-order valence-electron chi connectivity index (χ0n) is 40.2. The van der Waals surface area contributed by atoms with E-state index in [9.17, 15) is 48.6 Å². The number of carboxylic acid groups (broad SMARTS) is 1. The highest BCUT2D eigenvalue weighted by Crippen LogP contribution is 2.15. The zero-order chi connectivity index (χ0) is 49.7. The summed E-state index contributed by atoms with van der Waals surface area (Å²) in [5.41, 5.74) is 6.64. The molecule has 2 rings (SSSR count). The number of benzene rings is 2. The predicted molar refractivity (Wildman–Crippen MR) is 256 cm³/mol. The monoisotopic (exact) mass is 936 g/mol. The number of aromatic hydroxyl groups is 1. The van der Waals surface area contributed by atoms with E-state index in [4.69, 9.17) is 5.73 Å². The van der Waals surface area contributed by atoms with Crippen LogP contribution in [-0.4, -0.2) is 94.3 Å². The van der Waals surface area contributed by atoms with Gasteiger partial charge in [-0.05, 0) is 54.4 Å². The molecule has 7 amide bonds. The quantitative estimate of drug-likeness (QED) is 0.0444. The van der Waals surface area contributed by atoms with Crippen LogP contribution in [0.2, 0.25) is 0 Å². The summed E-state index contributed by atoms with van der Waals surface area (Å²) in [5.74, 6) is -6.49. The van der Waals surface area contributed by atoms with Gasteiger partial charge in [0.1, 0.15) is 36.0 Å². The molecule has 0 aliphatic carbocycles. The standard InChI is InChI=1S/C50H77N7O10/c1-6-7-8-9-10-11-12-13-14-15-19-22-42(59)53-38(27-28-44(61)62)48(65)56-41(30-35-20-17-16-18-21-35)50(67)54-39(29-33(2)3)49(66)55-40(31-36-23-25-37(58)26-24-36)47(64)52-32-43(60)57-45(34(4)5)46(51)63/h16-18,20-21,23-26,33-34,38-41,45,58H,6-15,19,22,27-32H2,1-5H3,(H2,51,63)(H,52,64)(H,53,59)(H,54,67)(H,55,66)(H,56,65)(H,57,60)(H,61,62)/t38-,39-,40-,41-,45-/m0/s1. The third-order valence-electron chi connectivity index (χ3n) is 11.3. The van der Waals surface area contributed by atoms with Crippen molar-refractivity contribution in [3.63, 3.8) is 0 Å². The lowest BCUT2D eigenvalue weighted by molar-refractivity contribution is -0.138. The molecule has 2 aromatic carbocycles. The van der Waals surface area contributed by atoms with Crippen molar-refractivity contribution < 1.29 is 48.6 Å². The van der Waals surface area contributed by atoms with Crippen LogP contribution in [0.3, 0.4) is 0 Å². The van der Waals surface area contributed by atoms with E-state index in [0.29, 0.717) is 17.5 Å². The molecule has 5 atom stereocenters. The molecule has 17 nitrogen and oxygen atoms in total. The SMILES string of the molecule is CCCCCCCCCCCCCC(=O)N[C@@H](CCC(=O)O)C(=O)N[C@@H](Cc1ccccc1)C(=O)N[C@@H](CC(C)C)C(=O)N[C@@H](Cc1ccc(O)cc1)C(=O)NCC(=O)N[C@H](C(N)=O)C(C)C. The van der Waals surface area contributed by atoms with Crippen molar-refractivity contribution in [2.45, 2.75) is 174 Å². The number of carbonyl (C=O) groups excluding carboxylic acids is 7. The maximum Gasteiger partial charge on any atom is 0.303 e. The number of carbonyl (C=O) groups is 8. The van der Waals surface area contributed by atoms with Crippen LogP contribution >= 0.6 is 0 Å². The van der Waals surface area contributed by atoms with Crippen LogP contribution in [0.25, 0.3) is 0 Å². The van der Waals surface area contributed by atoms with E-state index in [2.05, 4.69) is 38.8 Å². The number of nitrogens with two attached hydrogens (primary N) is 1. The lowest BCUT2D eigenvalue weighted by atomic mass is 9.99. The Kier molecular flexibility index (Phi) is 27.1. The molecule has 0 aliphatic heterocycles. The minimum Gasteiger partial charge on any atom is -0.508 e. The van der Waals surface area contributed by atoms with Gasteiger partial charge in [-0.1, -0.05) is 141 Å². The lowest BCUT2D eigenvalue weighted by Gasteiger charge is -2.27. The van der Waals surface area contributed by atoms with Crippen LogP contribution in [0.15, 0.2) is 54.6 Å². The van der Waals surface area contributed by atoms with Gasteiger partial charge in [0.2, 0.25) is 41.4 Å². The van der Waals surface area contributed by atoms with Crippen LogP contribution < -0.4 is 37.6 Å². The molecule has 0 saturated carbocycles. The number of phenols is 1. The van der Waals surface area contributed by atoms with Crippen LogP contribution in [0.1, 0.15) is 142 Å². The van der Waals surface area contributed by atoms with Crippen molar-refractivity contribution in [3.8, 4) is 5.75 Å². The van der Waals surface area contributed by atoms with Gasteiger partial charge in [0, 0.05) is 25.7 Å². The summed E-state index contributed by atoms with van der Waals surface area (Å²) in [6.45, 7) is 8.71. The Morgan fingerprint density at radius 3 is 1.57 bits per heavy atom. The van der Waals surface area contributed by atoms with E-state index in [-0.39, 0.29) is 49.7 Å². The van der Waals surface area contributed by atoms with Crippen molar-refractivity contribution >= 4 is 47.3 Å². The number of nitrogens with one attached hydrogen (secondary N) is 6. The molecule has 17 heteroatoms. The highest BCUT2D eigenvalue weighted by molar-refractivity contribution is 5.96. The highest BCUT2D eigenvalue weighted by atomic mass is 16.4. The summed E-state index contributed by atoms with van der Waals surface area (Å²) in [7, 11) is 0. The Bertz CT molecular complexity index is 1860. The number of rotatable bonds is 34. The average Bonchev–Trinajstić information content (AvgIpc) is 3.27. The first-order chi connectivity index (χ1) is 31.9. The fraction of sp³-hybridized carbons (Fsp3) is 0.600. The molecule has 67 heavy (non-hydrogen) atoms. The molecule has 0 heterocycles. The van der Waals surface area contributed by atoms with E-state index in [0.717, 1.165) is 25.7 Å². The maximum atomic E-state index is 14.3. The Balaban J connectivity index is 2.25. The fourth-order valence-electron chi connectivity index (χ4n) is 7.49. The van der Waals surface area contributed by atoms with E-state index in [1.807, 2.05) is 13.8 Å². The largest absolute Gasteiger partial charge is 0.508 e. The van der Waals surface area contributed by atoms with Gasteiger partial charge in [0.25, 0.3) is 0 Å². The van der Waals surface area contributed by atoms with E-state index < -0.39 is 90.5 Å². The first-order valence-corrected chi connectivity index (χ1v) is 24.0. The second-order valence-corrected chi connectivity index (χ2v) is 18.1. The summed E-state index contributed by atoms with van der Waals surface area (Å²) in [6.07, 6.45) is 11.7. The Morgan fingerprint density at radius 1 is 0.552 bits per heavy atom. The van der Waals surface area contributed by atoms with Crippen molar-refractivity contribution in [1.82, 2.24) is 31.9 Å². The number of primary amides is 1. The molecule has 0 aliphatic rings. The van der Waals surface area contributed by atoms with E-state index in [1.54, 1.807) is 56.3 Å². The first kappa shape index (κ1) is 57.1. The third kappa shape index (κ3) is 24.4. The molecule has 0 fully saturated rings. The molecule has 0 radical (unpaired) electrons. The molecule has 0 aromatic heterocycles. The Labute approximate surface area is 396 Å². The van der Waals surface area contributed by atoms with Gasteiger partial charge >= 0.3 is 5.97 Å². The summed E-state index contributed by atoms with van der Waals surface area (Å²) in [6, 6.07) is 8.73. The topological polar surface area (TPSA) is 275 Å². The van der Waals surface area contributed by atoms with Gasteiger partial charge in [-0.15, -0.1) is 0 Å². The minimum atomic E-state index is -1.28. The molecule has 372 valence electrons. The fourth-order valence-corrected chi connectivity index (χ4v) is 7.49. The minimum absolute atomic E-state index is 0.0197. The average molecular weight is 936 g/mol. The number of hydrogen-bond acceptors (Lipinski definition) is 9. The number of hydrogen-bond donors (Lipinski definition) is 9. The summed E-state index contributed by atoms with van der Waals surface area (Å²) >= 11 is 0. The molecule has 0 unspecified atom stereocenters. The molecule has 0 saturated heterocycles. The van der Waals surface area contributed by atoms with Crippen LogP contribution in [0.5, 0.6) is 5.75 Å². The van der Waals surface area contributed by atoms with Crippen molar-refractivity contribution in [2.75, 3.05) is 6.54 Å². The zero-order valence-corrected chi connectivity index (χ0v) is 40.2. The molecule has 10 N–H and O–H groups in total. The van der Waals surface area contributed by atoms with Crippen LogP contribution in [0, 0.1) is 11.8 Å². The van der Waals surface area contributed by atoms with Crippen molar-refractivity contribution in [2.24, 2.45) is 17.6 Å². The molecule has 0 bridgehead atoms.